The average Bonchev–Trinajstić information content (AvgIpc) is 2.86. The highest BCUT2D eigenvalue weighted by Gasteiger charge is 2.20. The normalized spacial score (nSPS) is 15.4. The van der Waals surface area contributed by atoms with Gasteiger partial charge < -0.3 is 15.0 Å². The molecule has 3 aromatic rings. The van der Waals surface area contributed by atoms with Gasteiger partial charge in [-0.05, 0) is 31.9 Å². The summed E-state index contributed by atoms with van der Waals surface area (Å²) >= 11 is 0. The number of aryl methyl sites for hydroxylation is 2. The first-order chi connectivity index (χ1) is 13.9. The number of nitrogens with zero attached hydrogens (tertiary/aromatic N) is 4. The molecule has 1 aliphatic carbocycles. The molecule has 3 aromatic heterocycles. The van der Waals surface area contributed by atoms with Gasteiger partial charge in [0.15, 0.2) is 0 Å². The first kappa shape index (κ1) is 19.2. The lowest BCUT2D eigenvalue weighted by Crippen LogP contribution is -2.25. The highest BCUT2D eigenvalue weighted by Crippen LogP contribution is 2.29. The van der Waals surface area contributed by atoms with E-state index in [4.69, 9.17) is 0 Å². The lowest BCUT2D eigenvalue weighted by molar-refractivity contribution is 0.0686. The van der Waals surface area contributed by atoms with E-state index in [-0.39, 0.29) is 17.3 Å². The summed E-state index contributed by atoms with van der Waals surface area (Å²) in [5, 5.41) is 13.2. The van der Waals surface area contributed by atoms with Gasteiger partial charge in [0.25, 0.3) is 5.56 Å². The van der Waals surface area contributed by atoms with E-state index in [1.807, 2.05) is 11.5 Å². The van der Waals surface area contributed by atoms with Crippen LogP contribution in [-0.4, -0.2) is 30.2 Å². The molecular formula is C21H25N5O3. The maximum absolute atomic E-state index is 12.8. The molecule has 0 saturated heterocycles. The number of carbonyl (C=O) groups is 1. The van der Waals surface area contributed by atoms with Gasteiger partial charge in [-0.1, -0.05) is 25.7 Å². The number of rotatable bonds is 4. The van der Waals surface area contributed by atoms with E-state index in [0.717, 1.165) is 36.8 Å². The number of fused-ring (bicyclic) bond motifs is 1. The second-order valence-electron chi connectivity index (χ2n) is 7.71. The first-order valence-corrected chi connectivity index (χ1v) is 10.0. The third kappa shape index (κ3) is 3.74. The van der Waals surface area contributed by atoms with E-state index in [0.29, 0.717) is 17.3 Å². The number of hydrogen-bond donors (Lipinski definition) is 2. The Labute approximate surface area is 168 Å². The van der Waals surface area contributed by atoms with Crippen LogP contribution < -0.4 is 10.9 Å². The minimum Gasteiger partial charge on any atom is -0.477 e. The summed E-state index contributed by atoms with van der Waals surface area (Å²) in [5.74, 6) is -0.649. The van der Waals surface area contributed by atoms with Gasteiger partial charge in [-0.2, -0.15) is 4.98 Å². The number of nitrogens with one attached hydrogen (secondary N) is 1. The molecule has 8 nitrogen and oxygen atoms in total. The lowest BCUT2D eigenvalue weighted by atomic mass is 10.1. The van der Waals surface area contributed by atoms with Crippen LogP contribution in [0.2, 0.25) is 0 Å². The van der Waals surface area contributed by atoms with Gasteiger partial charge in [-0.25, -0.2) is 9.78 Å². The van der Waals surface area contributed by atoms with Crippen LogP contribution in [0.15, 0.2) is 29.2 Å². The number of hydrogen-bond acceptors (Lipinski definition) is 5. The van der Waals surface area contributed by atoms with Crippen LogP contribution >= 0.6 is 0 Å². The average molecular weight is 395 g/mol. The molecule has 1 saturated carbocycles. The van der Waals surface area contributed by atoms with Gasteiger partial charge in [0.05, 0.1) is 11.4 Å². The van der Waals surface area contributed by atoms with Crippen molar-refractivity contribution in [3.63, 3.8) is 0 Å². The van der Waals surface area contributed by atoms with E-state index >= 15 is 0 Å². The minimum absolute atomic E-state index is 0.0404. The molecule has 0 aliphatic heterocycles. The molecule has 1 fully saturated rings. The summed E-state index contributed by atoms with van der Waals surface area (Å²) in [4.78, 5) is 33.2. The van der Waals surface area contributed by atoms with Crippen LogP contribution in [0.5, 0.6) is 0 Å². The van der Waals surface area contributed by atoms with Gasteiger partial charge in [0.2, 0.25) is 5.95 Å². The maximum atomic E-state index is 12.8. The van der Waals surface area contributed by atoms with Crippen molar-refractivity contribution in [3.05, 3.63) is 46.1 Å². The Morgan fingerprint density at radius 2 is 1.90 bits per heavy atom. The van der Waals surface area contributed by atoms with Crippen molar-refractivity contribution in [2.75, 3.05) is 5.32 Å². The fourth-order valence-corrected chi connectivity index (χ4v) is 4.18. The molecule has 0 unspecified atom stereocenters. The molecule has 0 atom stereocenters. The standard InChI is InChI=1S/C21H25N5O3/c1-13-16-9-10-18(27)26(15-7-5-3-4-6-8-15)19(16)24-21(22-13)23-14-11-17(20(28)29)25(2)12-14/h9-12,15H,3-8H2,1-2H3,(H,28,29)(H,22,23,24). The minimum atomic E-state index is -1.00. The molecular weight excluding hydrogens is 370 g/mol. The first-order valence-electron chi connectivity index (χ1n) is 10.0. The molecule has 3 heterocycles. The SMILES string of the molecule is Cc1nc(Nc2cc(C(=O)O)n(C)c2)nc2c1ccc(=O)n2C1CCCCCC1. The highest BCUT2D eigenvalue weighted by atomic mass is 16.4. The molecule has 1 aliphatic rings. The van der Waals surface area contributed by atoms with Crippen molar-refractivity contribution in [3.8, 4) is 0 Å². The summed E-state index contributed by atoms with van der Waals surface area (Å²) in [5.41, 5.74) is 2.12. The van der Waals surface area contributed by atoms with Crippen molar-refractivity contribution in [2.24, 2.45) is 7.05 Å². The molecule has 0 amide bonds. The molecule has 152 valence electrons. The molecule has 2 N–H and O–H groups in total. The van der Waals surface area contributed by atoms with Crippen molar-refractivity contribution in [1.82, 2.24) is 19.1 Å². The molecule has 0 bridgehead atoms. The molecule has 0 spiro atoms. The Bertz CT molecular complexity index is 1120. The van der Waals surface area contributed by atoms with E-state index < -0.39 is 5.97 Å². The molecule has 4 rings (SSSR count). The summed E-state index contributed by atoms with van der Waals surface area (Å²) in [6.07, 6.45) is 8.27. The van der Waals surface area contributed by atoms with Gasteiger partial charge >= 0.3 is 5.97 Å². The third-order valence-corrected chi connectivity index (χ3v) is 5.64. The predicted molar refractivity (Wildman–Crippen MR) is 111 cm³/mol. The fraction of sp³-hybridized carbons (Fsp3) is 0.429. The number of aromatic nitrogens is 4. The Morgan fingerprint density at radius 1 is 1.17 bits per heavy atom. The Balaban J connectivity index is 1.78. The van der Waals surface area contributed by atoms with Gasteiger partial charge in [-0.15, -0.1) is 0 Å². The number of carboxylic acid groups (broad SMARTS) is 1. The summed E-state index contributed by atoms with van der Waals surface area (Å²) < 4.78 is 3.36. The Morgan fingerprint density at radius 3 is 2.55 bits per heavy atom. The monoisotopic (exact) mass is 395 g/mol. The second kappa shape index (κ2) is 7.69. The predicted octanol–water partition coefficient (Wildman–Crippen LogP) is 3.78. The zero-order valence-corrected chi connectivity index (χ0v) is 16.7. The number of aromatic carboxylic acids is 1. The van der Waals surface area contributed by atoms with Gasteiger partial charge in [0.1, 0.15) is 11.3 Å². The van der Waals surface area contributed by atoms with E-state index in [1.165, 1.54) is 23.5 Å². The van der Waals surface area contributed by atoms with Crippen LogP contribution in [0.25, 0.3) is 11.0 Å². The van der Waals surface area contributed by atoms with Crippen LogP contribution in [0.3, 0.4) is 0 Å². The van der Waals surface area contributed by atoms with E-state index in [1.54, 1.807) is 25.4 Å². The topological polar surface area (TPSA) is 102 Å². The number of anilines is 2. The zero-order valence-electron chi connectivity index (χ0n) is 16.7. The van der Waals surface area contributed by atoms with E-state index in [9.17, 15) is 14.7 Å². The summed E-state index contributed by atoms with van der Waals surface area (Å²) in [6, 6.07) is 5.07. The van der Waals surface area contributed by atoms with Crippen LogP contribution in [0.1, 0.15) is 60.7 Å². The van der Waals surface area contributed by atoms with E-state index in [2.05, 4.69) is 15.3 Å². The lowest BCUT2D eigenvalue weighted by Gasteiger charge is -2.20. The molecule has 0 radical (unpaired) electrons. The molecule has 29 heavy (non-hydrogen) atoms. The van der Waals surface area contributed by atoms with Gasteiger partial charge in [0, 0.05) is 30.7 Å². The smallest absolute Gasteiger partial charge is 0.352 e. The molecule has 8 heteroatoms. The van der Waals surface area contributed by atoms with Crippen molar-refractivity contribution < 1.29 is 9.90 Å². The summed E-state index contributed by atoms with van der Waals surface area (Å²) in [6.45, 7) is 1.89. The Kier molecular flexibility index (Phi) is 5.08. The van der Waals surface area contributed by atoms with Gasteiger partial charge in [-0.3, -0.25) is 9.36 Å². The van der Waals surface area contributed by atoms with Crippen molar-refractivity contribution in [1.29, 1.82) is 0 Å². The van der Waals surface area contributed by atoms with Crippen LogP contribution in [0.4, 0.5) is 11.6 Å². The van der Waals surface area contributed by atoms with Crippen LogP contribution in [0, 0.1) is 6.92 Å². The molecule has 0 aromatic carbocycles. The Hall–Kier alpha value is -3.16. The second-order valence-corrected chi connectivity index (χ2v) is 7.71. The highest BCUT2D eigenvalue weighted by molar-refractivity contribution is 5.87. The quantitative estimate of drug-likeness (QED) is 0.652. The van der Waals surface area contributed by atoms with Crippen molar-refractivity contribution in [2.45, 2.75) is 51.5 Å². The number of carboxylic acids is 1. The summed E-state index contributed by atoms with van der Waals surface area (Å²) in [7, 11) is 1.67. The fourth-order valence-electron chi connectivity index (χ4n) is 4.18. The van der Waals surface area contributed by atoms with Crippen LogP contribution in [-0.2, 0) is 7.05 Å². The van der Waals surface area contributed by atoms with Crippen molar-refractivity contribution >= 4 is 28.6 Å². The largest absolute Gasteiger partial charge is 0.477 e. The zero-order chi connectivity index (χ0) is 20.5. The number of pyridine rings is 1. The maximum Gasteiger partial charge on any atom is 0.352 e. The third-order valence-electron chi connectivity index (χ3n) is 5.64.